The second-order valence-corrected chi connectivity index (χ2v) is 6.39. The Morgan fingerprint density at radius 1 is 1.14 bits per heavy atom. The summed E-state index contributed by atoms with van der Waals surface area (Å²) in [6.45, 7) is 8.14. The molecule has 5 heteroatoms. The third kappa shape index (κ3) is 3.42. The third-order valence-corrected chi connectivity index (χ3v) is 4.44. The Hall–Kier alpha value is -1.88. The zero-order valence-electron chi connectivity index (χ0n) is 12.8. The molecule has 2 rings (SSSR count). The van der Waals surface area contributed by atoms with Gasteiger partial charge >= 0.3 is 0 Å². The summed E-state index contributed by atoms with van der Waals surface area (Å²) in [5.41, 5.74) is 9.41. The van der Waals surface area contributed by atoms with Crippen molar-refractivity contribution in [2.75, 3.05) is 0 Å². The summed E-state index contributed by atoms with van der Waals surface area (Å²) in [7, 11) is 0. The van der Waals surface area contributed by atoms with Crippen LogP contribution in [0.15, 0.2) is 34.2 Å². The number of nitrogens with zero attached hydrogens (tertiary/aromatic N) is 2. The van der Waals surface area contributed by atoms with Gasteiger partial charge in [0.1, 0.15) is 10.9 Å². The Morgan fingerprint density at radius 2 is 1.76 bits per heavy atom. The normalized spacial score (nSPS) is 10.9. The van der Waals surface area contributed by atoms with Gasteiger partial charge in [0.25, 0.3) is 0 Å². The summed E-state index contributed by atoms with van der Waals surface area (Å²) in [4.78, 5) is 1.07. The lowest BCUT2D eigenvalue weighted by Gasteiger charge is -2.11. The molecule has 0 spiro atoms. The smallest absolute Gasteiger partial charge is 0.135 e. The van der Waals surface area contributed by atoms with Crippen LogP contribution in [-0.2, 0) is 0 Å². The molecule has 1 heterocycles. The number of rotatable bonds is 4. The molecule has 0 amide bonds. The van der Waals surface area contributed by atoms with Crippen LogP contribution in [0.3, 0.4) is 0 Å². The lowest BCUT2D eigenvalue weighted by atomic mass is 10.0. The summed E-state index contributed by atoms with van der Waals surface area (Å²) >= 11 is 1.49. The zero-order chi connectivity index (χ0) is 15.6. The van der Waals surface area contributed by atoms with E-state index >= 15 is 0 Å². The minimum absolute atomic E-state index is 0.0341. The van der Waals surface area contributed by atoms with Crippen molar-refractivity contribution in [2.24, 2.45) is 5.73 Å². The maximum atomic E-state index is 7.77. The van der Waals surface area contributed by atoms with Crippen LogP contribution >= 0.6 is 11.8 Å². The Morgan fingerprint density at radius 3 is 2.29 bits per heavy atom. The number of hydrogen-bond acceptors (Lipinski definition) is 4. The fourth-order valence-electron chi connectivity index (χ4n) is 2.01. The van der Waals surface area contributed by atoms with Crippen LogP contribution in [0.25, 0.3) is 0 Å². The van der Waals surface area contributed by atoms with Gasteiger partial charge in [-0.3, -0.25) is 5.41 Å². The topological polar surface area (TPSA) is 75.7 Å². The second-order valence-electron chi connectivity index (χ2n) is 5.33. The Bertz CT molecular complexity index is 663. The number of nitrogen functional groups attached to an aromatic ring is 1. The van der Waals surface area contributed by atoms with Gasteiger partial charge in [-0.15, -0.1) is 5.10 Å². The van der Waals surface area contributed by atoms with E-state index in [0.29, 0.717) is 16.5 Å². The number of nitrogens with two attached hydrogens (primary N) is 1. The molecule has 110 valence electrons. The quantitative estimate of drug-likeness (QED) is 0.667. The molecular weight excluding hydrogens is 280 g/mol. The highest BCUT2D eigenvalue weighted by molar-refractivity contribution is 7.99. The molecule has 0 bridgehead atoms. The van der Waals surface area contributed by atoms with E-state index in [0.717, 1.165) is 16.2 Å². The molecule has 0 radical (unpaired) electrons. The Kier molecular flexibility index (Phi) is 4.63. The van der Waals surface area contributed by atoms with Crippen LogP contribution in [0.5, 0.6) is 0 Å². The first-order chi connectivity index (χ1) is 9.90. The van der Waals surface area contributed by atoms with Gasteiger partial charge in [0.05, 0.1) is 11.3 Å². The maximum Gasteiger partial charge on any atom is 0.135 e. The highest BCUT2D eigenvalue weighted by Gasteiger charge is 2.15. The summed E-state index contributed by atoms with van der Waals surface area (Å²) in [5, 5.41) is 16.8. The molecule has 0 saturated carbocycles. The molecule has 0 fully saturated rings. The predicted molar refractivity (Wildman–Crippen MR) is 87.2 cm³/mol. The van der Waals surface area contributed by atoms with Crippen molar-refractivity contribution in [1.29, 1.82) is 5.41 Å². The van der Waals surface area contributed by atoms with E-state index in [4.69, 9.17) is 11.1 Å². The standard InChI is InChI=1S/C16H20N4S/c1-9(2)12-5-7-13(8-6-12)21-16-14(15(17)18)10(3)11(4)19-20-16/h5-9H,1-4H3,(H3,17,18). The van der Waals surface area contributed by atoms with E-state index in [-0.39, 0.29) is 5.84 Å². The first-order valence-corrected chi connectivity index (χ1v) is 7.68. The largest absolute Gasteiger partial charge is 0.384 e. The highest BCUT2D eigenvalue weighted by atomic mass is 32.2. The van der Waals surface area contributed by atoms with Gasteiger partial charge in [-0.2, -0.15) is 5.10 Å². The van der Waals surface area contributed by atoms with Crippen LogP contribution in [0, 0.1) is 19.3 Å². The van der Waals surface area contributed by atoms with Gasteiger partial charge in [0, 0.05) is 4.90 Å². The number of hydrogen-bond donors (Lipinski definition) is 2. The number of aryl methyl sites for hydroxylation is 1. The van der Waals surface area contributed by atoms with E-state index in [9.17, 15) is 0 Å². The van der Waals surface area contributed by atoms with Gasteiger partial charge in [0.15, 0.2) is 0 Å². The molecule has 1 aromatic heterocycles. The van der Waals surface area contributed by atoms with Gasteiger partial charge in [-0.05, 0) is 43.0 Å². The van der Waals surface area contributed by atoms with Crippen LogP contribution < -0.4 is 5.73 Å². The lowest BCUT2D eigenvalue weighted by Crippen LogP contribution is -2.16. The minimum Gasteiger partial charge on any atom is -0.384 e. The van der Waals surface area contributed by atoms with Crippen LogP contribution in [-0.4, -0.2) is 16.0 Å². The first kappa shape index (κ1) is 15.5. The third-order valence-electron chi connectivity index (χ3n) is 3.45. The van der Waals surface area contributed by atoms with Gasteiger partial charge in [0.2, 0.25) is 0 Å². The number of benzene rings is 1. The second kappa shape index (κ2) is 6.26. The van der Waals surface area contributed by atoms with E-state index < -0.39 is 0 Å². The summed E-state index contributed by atoms with van der Waals surface area (Å²) in [6.07, 6.45) is 0. The lowest BCUT2D eigenvalue weighted by molar-refractivity contribution is 0.863. The first-order valence-electron chi connectivity index (χ1n) is 6.86. The van der Waals surface area contributed by atoms with Crippen molar-refractivity contribution in [3.05, 3.63) is 46.6 Å². The molecule has 3 N–H and O–H groups in total. The van der Waals surface area contributed by atoms with Crippen LogP contribution in [0.1, 0.15) is 42.1 Å². The van der Waals surface area contributed by atoms with Crippen molar-refractivity contribution in [3.8, 4) is 0 Å². The highest BCUT2D eigenvalue weighted by Crippen LogP contribution is 2.31. The molecule has 4 nitrogen and oxygen atoms in total. The van der Waals surface area contributed by atoms with Gasteiger partial charge < -0.3 is 5.73 Å². The van der Waals surface area contributed by atoms with Crippen molar-refractivity contribution >= 4 is 17.6 Å². The van der Waals surface area contributed by atoms with Gasteiger partial charge in [-0.1, -0.05) is 37.7 Å². The van der Waals surface area contributed by atoms with Crippen molar-refractivity contribution in [1.82, 2.24) is 10.2 Å². The SMILES string of the molecule is Cc1nnc(Sc2ccc(C(C)C)cc2)c(C(=N)N)c1C. The monoisotopic (exact) mass is 300 g/mol. The van der Waals surface area contributed by atoms with Crippen molar-refractivity contribution in [2.45, 2.75) is 43.5 Å². The zero-order valence-corrected chi connectivity index (χ0v) is 13.6. The number of aromatic nitrogens is 2. The molecule has 21 heavy (non-hydrogen) atoms. The fraction of sp³-hybridized carbons (Fsp3) is 0.312. The molecule has 0 aliphatic heterocycles. The summed E-state index contributed by atoms with van der Waals surface area (Å²) in [6, 6.07) is 8.38. The fourth-order valence-corrected chi connectivity index (χ4v) is 2.95. The molecule has 0 atom stereocenters. The van der Waals surface area contributed by atoms with Crippen LogP contribution in [0.4, 0.5) is 0 Å². The number of amidine groups is 1. The molecule has 0 unspecified atom stereocenters. The van der Waals surface area contributed by atoms with Gasteiger partial charge in [-0.25, -0.2) is 0 Å². The molecule has 0 aliphatic carbocycles. The van der Waals surface area contributed by atoms with E-state index in [1.54, 1.807) is 0 Å². The molecule has 0 aliphatic rings. The average Bonchev–Trinajstić information content (AvgIpc) is 2.43. The molecule has 2 aromatic rings. The van der Waals surface area contributed by atoms with Crippen molar-refractivity contribution in [3.63, 3.8) is 0 Å². The Labute approximate surface area is 129 Å². The minimum atomic E-state index is 0.0341. The summed E-state index contributed by atoms with van der Waals surface area (Å²) < 4.78 is 0. The van der Waals surface area contributed by atoms with E-state index in [1.165, 1.54) is 17.3 Å². The summed E-state index contributed by atoms with van der Waals surface area (Å²) in [5.74, 6) is 0.546. The van der Waals surface area contributed by atoms with Crippen LogP contribution in [0.2, 0.25) is 0 Å². The number of nitrogens with one attached hydrogen (secondary N) is 1. The molecular formula is C16H20N4S. The molecule has 1 aromatic carbocycles. The van der Waals surface area contributed by atoms with E-state index in [2.05, 4.69) is 48.3 Å². The predicted octanol–water partition coefficient (Wildman–Crippen LogP) is 3.65. The Balaban J connectivity index is 2.35. The average molecular weight is 300 g/mol. The maximum absolute atomic E-state index is 7.77. The molecule has 0 saturated heterocycles. The van der Waals surface area contributed by atoms with E-state index in [1.807, 2.05) is 13.8 Å². The van der Waals surface area contributed by atoms with Crippen molar-refractivity contribution < 1.29 is 0 Å².